The summed E-state index contributed by atoms with van der Waals surface area (Å²) in [5.74, 6) is -3.75. The van der Waals surface area contributed by atoms with Crippen molar-refractivity contribution >= 4 is 22.8 Å². The van der Waals surface area contributed by atoms with Gasteiger partial charge in [-0.3, -0.25) is 0 Å². The Bertz CT molecular complexity index is 570. The van der Waals surface area contributed by atoms with Crippen LogP contribution < -0.4 is 0 Å². The molecule has 19 heavy (non-hydrogen) atoms. The highest BCUT2D eigenvalue weighted by atomic mass is 35.5. The topological polar surface area (TPSA) is 30.7 Å². The van der Waals surface area contributed by atoms with Crippen molar-refractivity contribution in [1.29, 1.82) is 0 Å². The van der Waals surface area contributed by atoms with Crippen LogP contribution in [-0.2, 0) is 13.0 Å². The molecule has 0 aliphatic carbocycles. The van der Waals surface area contributed by atoms with Crippen LogP contribution in [0.2, 0.25) is 0 Å². The monoisotopic (exact) mass is 295 g/mol. The minimum Gasteiger partial charge on any atom is -0.306 e. The molecule has 0 unspecified atom stereocenters. The van der Waals surface area contributed by atoms with Crippen molar-refractivity contribution in [2.75, 3.05) is 5.88 Å². The Morgan fingerprint density at radius 2 is 2.11 bits per heavy atom. The highest BCUT2D eigenvalue weighted by Crippen LogP contribution is 2.27. The molecule has 0 aromatic carbocycles. The summed E-state index contributed by atoms with van der Waals surface area (Å²) >= 11 is 5.56. The van der Waals surface area contributed by atoms with Crippen molar-refractivity contribution in [2.45, 2.75) is 25.3 Å². The molecule has 0 aliphatic rings. The van der Waals surface area contributed by atoms with Gasteiger partial charge in [-0.05, 0) is 12.1 Å². The summed E-state index contributed by atoms with van der Waals surface area (Å²) in [5.41, 5.74) is 0.538. The van der Waals surface area contributed by atoms with E-state index in [4.69, 9.17) is 11.6 Å². The lowest BCUT2D eigenvalue weighted by Gasteiger charge is -2.17. The number of nitrogens with zero attached hydrogens (tertiary/aromatic N) is 3. The maximum atomic E-state index is 13.2. The number of alkyl halides is 5. The molecule has 0 aliphatic heterocycles. The lowest BCUT2D eigenvalue weighted by molar-refractivity contribution is -0.137. The summed E-state index contributed by atoms with van der Waals surface area (Å²) in [6, 6.07) is 3.17. The van der Waals surface area contributed by atoms with E-state index < -0.39 is 18.9 Å². The molecular formula is C11H10ClF4N3. The first-order chi connectivity index (χ1) is 8.95. The summed E-state index contributed by atoms with van der Waals surface area (Å²) in [4.78, 5) is 7.99. The molecule has 0 amide bonds. The lowest BCUT2D eigenvalue weighted by atomic mass is 10.3. The molecule has 2 heterocycles. The predicted molar refractivity (Wildman–Crippen MR) is 62.9 cm³/mol. The molecule has 8 heteroatoms. The first-order valence-electron chi connectivity index (χ1n) is 5.48. The first kappa shape index (κ1) is 14.0. The van der Waals surface area contributed by atoms with Crippen molar-refractivity contribution in [3.8, 4) is 0 Å². The summed E-state index contributed by atoms with van der Waals surface area (Å²) < 4.78 is 52.0. The Kier molecular flexibility index (Phi) is 3.93. The van der Waals surface area contributed by atoms with E-state index >= 15 is 0 Å². The molecule has 0 spiro atoms. The molecule has 0 atom stereocenters. The number of halogens is 5. The largest absolute Gasteiger partial charge is 0.324 e. The van der Waals surface area contributed by atoms with E-state index in [0.29, 0.717) is 5.52 Å². The van der Waals surface area contributed by atoms with E-state index in [-0.39, 0.29) is 23.8 Å². The van der Waals surface area contributed by atoms with Crippen LogP contribution in [-0.4, -0.2) is 32.8 Å². The summed E-state index contributed by atoms with van der Waals surface area (Å²) in [6.45, 7) is -1.16. The average Bonchev–Trinajstić information content (AvgIpc) is 2.68. The van der Waals surface area contributed by atoms with Crippen LogP contribution in [0.4, 0.5) is 17.6 Å². The SMILES string of the molecule is FC(F)C(F)(F)Cn1c(CCCl)nc2cccnc21. The van der Waals surface area contributed by atoms with E-state index in [1.54, 1.807) is 12.1 Å². The Morgan fingerprint density at radius 3 is 2.74 bits per heavy atom. The number of aromatic nitrogens is 3. The van der Waals surface area contributed by atoms with Gasteiger partial charge in [0, 0.05) is 18.5 Å². The van der Waals surface area contributed by atoms with Crippen molar-refractivity contribution in [3.05, 3.63) is 24.2 Å². The van der Waals surface area contributed by atoms with Crippen LogP contribution in [0, 0.1) is 0 Å². The number of fused-ring (bicyclic) bond motifs is 1. The van der Waals surface area contributed by atoms with E-state index in [0.717, 1.165) is 4.57 Å². The van der Waals surface area contributed by atoms with Crippen molar-refractivity contribution in [1.82, 2.24) is 14.5 Å². The minimum absolute atomic E-state index is 0.156. The van der Waals surface area contributed by atoms with Gasteiger partial charge in [-0.2, -0.15) is 8.78 Å². The van der Waals surface area contributed by atoms with Gasteiger partial charge in [0.1, 0.15) is 11.3 Å². The van der Waals surface area contributed by atoms with Gasteiger partial charge in [0.15, 0.2) is 5.65 Å². The van der Waals surface area contributed by atoms with Gasteiger partial charge < -0.3 is 4.57 Å². The molecule has 0 N–H and O–H groups in total. The van der Waals surface area contributed by atoms with Gasteiger partial charge in [-0.25, -0.2) is 18.7 Å². The van der Waals surface area contributed by atoms with Crippen molar-refractivity contribution < 1.29 is 17.6 Å². The Labute approximate surface area is 111 Å². The molecule has 2 aromatic rings. The number of hydrogen-bond acceptors (Lipinski definition) is 2. The van der Waals surface area contributed by atoms with Crippen LogP contribution in [0.1, 0.15) is 5.82 Å². The normalized spacial score (nSPS) is 12.5. The zero-order valence-corrected chi connectivity index (χ0v) is 10.4. The fourth-order valence-electron chi connectivity index (χ4n) is 1.73. The number of aryl methyl sites for hydroxylation is 1. The maximum Gasteiger partial charge on any atom is 0.324 e. The van der Waals surface area contributed by atoms with Crippen molar-refractivity contribution in [3.63, 3.8) is 0 Å². The van der Waals surface area contributed by atoms with E-state index in [9.17, 15) is 17.6 Å². The second-order valence-electron chi connectivity index (χ2n) is 3.96. The average molecular weight is 296 g/mol. The fourth-order valence-corrected chi connectivity index (χ4v) is 1.90. The number of pyridine rings is 1. The zero-order chi connectivity index (χ0) is 14.0. The van der Waals surface area contributed by atoms with Crippen LogP contribution in [0.3, 0.4) is 0 Å². The summed E-state index contributed by atoms with van der Waals surface area (Å²) in [6.07, 6.45) is -2.14. The summed E-state index contributed by atoms with van der Waals surface area (Å²) in [7, 11) is 0. The minimum atomic E-state index is -4.13. The molecule has 0 bridgehead atoms. The number of rotatable bonds is 5. The number of imidazole rings is 1. The molecule has 0 saturated heterocycles. The van der Waals surface area contributed by atoms with E-state index in [1.807, 2.05) is 0 Å². The first-order valence-corrected chi connectivity index (χ1v) is 6.01. The highest BCUT2D eigenvalue weighted by molar-refractivity contribution is 6.17. The van der Waals surface area contributed by atoms with Gasteiger partial charge in [-0.15, -0.1) is 11.6 Å². The van der Waals surface area contributed by atoms with Crippen LogP contribution in [0.15, 0.2) is 18.3 Å². The Balaban J connectivity index is 2.47. The van der Waals surface area contributed by atoms with Gasteiger partial charge in [-0.1, -0.05) is 0 Å². The Hall–Kier alpha value is -1.37. The molecule has 0 saturated carbocycles. The standard InChI is InChI=1S/C11H10ClF4N3/c12-4-3-8-18-7-2-1-5-17-9(7)19(8)6-11(15,16)10(13)14/h1-2,5,10H,3-4,6H2. The van der Waals surface area contributed by atoms with Gasteiger partial charge in [0.25, 0.3) is 0 Å². The van der Waals surface area contributed by atoms with Gasteiger partial charge in [0.2, 0.25) is 0 Å². The predicted octanol–water partition coefficient (Wildman–Crippen LogP) is 3.11. The molecule has 0 radical (unpaired) electrons. The molecule has 104 valence electrons. The third-order valence-electron chi connectivity index (χ3n) is 2.59. The number of hydrogen-bond donors (Lipinski definition) is 0. The smallest absolute Gasteiger partial charge is 0.306 e. The maximum absolute atomic E-state index is 13.2. The van der Waals surface area contributed by atoms with Crippen LogP contribution in [0.25, 0.3) is 11.2 Å². The second kappa shape index (κ2) is 5.32. The lowest BCUT2D eigenvalue weighted by Crippen LogP contribution is -2.32. The second-order valence-corrected chi connectivity index (χ2v) is 4.34. The molecule has 3 nitrogen and oxygen atoms in total. The molecule has 2 aromatic heterocycles. The van der Waals surface area contributed by atoms with Gasteiger partial charge >= 0.3 is 12.3 Å². The summed E-state index contributed by atoms with van der Waals surface area (Å²) in [5, 5.41) is 0. The zero-order valence-electron chi connectivity index (χ0n) is 9.66. The molecular weight excluding hydrogens is 286 g/mol. The molecule has 2 rings (SSSR count). The quantitative estimate of drug-likeness (QED) is 0.627. The molecule has 0 fully saturated rings. The van der Waals surface area contributed by atoms with Crippen molar-refractivity contribution in [2.24, 2.45) is 0 Å². The highest BCUT2D eigenvalue weighted by Gasteiger charge is 2.42. The van der Waals surface area contributed by atoms with E-state index in [1.165, 1.54) is 6.20 Å². The van der Waals surface area contributed by atoms with Gasteiger partial charge in [0.05, 0.1) is 6.54 Å². The van der Waals surface area contributed by atoms with Crippen LogP contribution in [0.5, 0.6) is 0 Å². The fraction of sp³-hybridized carbons (Fsp3) is 0.455. The van der Waals surface area contributed by atoms with E-state index in [2.05, 4.69) is 9.97 Å². The van der Waals surface area contributed by atoms with Crippen LogP contribution >= 0.6 is 11.6 Å². The third-order valence-corrected chi connectivity index (χ3v) is 2.78. The third kappa shape index (κ3) is 2.80. The Morgan fingerprint density at radius 1 is 1.37 bits per heavy atom.